The van der Waals surface area contributed by atoms with Gasteiger partial charge in [0.2, 0.25) is 5.28 Å². The van der Waals surface area contributed by atoms with Crippen LogP contribution in [0.15, 0.2) is 23.1 Å². The van der Waals surface area contributed by atoms with Gasteiger partial charge < -0.3 is 5.32 Å². The zero-order valence-corrected chi connectivity index (χ0v) is 12.7. The van der Waals surface area contributed by atoms with Crippen molar-refractivity contribution in [1.29, 1.82) is 0 Å². The number of fused-ring (bicyclic) bond motifs is 1. The third kappa shape index (κ3) is 2.77. The first-order valence-corrected chi connectivity index (χ1v) is 7.67. The molecule has 1 aliphatic rings. The number of halogens is 3. The molecule has 1 aromatic heterocycles. The van der Waals surface area contributed by atoms with Crippen LogP contribution in [0.4, 0.5) is 11.5 Å². The van der Waals surface area contributed by atoms with Gasteiger partial charge in [-0.1, -0.05) is 23.2 Å². The van der Waals surface area contributed by atoms with E-state index in [-0.39, 0.29) is 5.28 Å². The molecule has 2 heterocycles. The number of aromatic nitrogens is 2. The molecule has 0 bridgehead atoms. The summed E-state index contributed by atoms with van der Waals surface area (Å²) in [4.78, 5) is 9.52. The second kappa shape index (κ2) is 5.37. The summed E-state index contributed by atoms with van der Waals surface area (Å²) in [5.74, 6) is 1.72. The lowest BCUT2D eigenvalue weighted by Gasteiger charge is -2.10. The van der Waals surface area contributed by atoms with Crippen LogP contribution >= 0.6 is 46.6 Å². The standard InChI is InChI=1S/C12H8Cl3N3S/c13-7-2-1-6(5-8(7)14)16-11-10-9(3-4-19-10)17-12(15)18-11/h1-2,5H,3-4H2,(H,16,17,18). The van der Waals surface area contributed by atoms with Gasteiger partial charge in [-0.15, -0.1) is 11.8 Å². The van der Waals surface area contributed by atoms with Gasteiger partial charge in [-0.2, -0.15) is 4.98 Å². The highest BCUT2D eigenvalue weighted by atomic mass is 35.5. The van der Waals surface area contributed by atoms with E-state index in [1.54, 1.807) is 23.9 Å². The van der Waals surface area contributed by atoms with E-state index in [0.717, 1.165) is 34.3 Å². The number of hydrogen-bond donors (Lipinski definition) is 1. The van der Waals surface area contributed by atoms with Crippen molar-refractivity contribution in [3.05, 3.63) is 39.2 Å². The number of nitrogens with one attached hydrogen (secondary N) is 1. The molecular formula is C12H8Cl3N3S. The summed E-state index contributed by atoms with van der Waals surface area (Å²) in [7, 11) is 0. The zero-order valence-electron chi connectivity index (χ0n) is 9.58. The Morgan fingerprint density at radius 3 is 2.74 bits per heavy atom. The average molecular weight is 333 g/mol. The van der Waals surface area contributed by atoms with Crippen LogP contribution in [-0.4, -0.2) is 15.7 Å². The minimum atomic E-state index is 0.254. The number of anilines is 2. The van der Waals surface area contributed by atoms with Crippen LogP contribution < -0.4 is 5.32 Å². The molecule has 0 radical (unpaired) electrons. The molecular weight excluding hydrogens is 325 g/mol. The lowest BCUT2D eigenvalue weighted by molar-refractivity contribution is 0.980. The van der Waals surface area contributed by atoms with E-state index in [1.807, 2.05) is 6.07 Å². The molecule has 0 saturated carbocycles. The van der Waals surface area contributed by atoms with Gasteiger partial charge in [-0.25, -0.2) is 4.98 Å². The zero-order chi connectivity index (χ0) is 13.4. The Bertz CT molecular complexity index is 648. The summed E-state index contributed by atoms with van der Waals surface area (Å²) >= 11 is 19.5. The van der Waals surface area contributed by atoms with E-state index in [1.165, 1.54) is 0 Å². The van der Waals surface area contributed by atoms with Gasteiger partial charge in [0, 0.05) is 17.9 Å². The fourth-order valence-electron chi connectivity index (χ4n) is 1.83. The number of hydrogen-bond acceptors (Lipinski definition) is 4. The molecule has 19 heavy (non-hydrogen) atoms. The van der Waals surface area contributed by atoms with Gasteiger partial charge in [-0.3, -0.25) is 0 Å². The third-order valence-electron chi connectivity index (χ3n) is 2.68. The predicted octanol–water partition coefficient (Wildman–Crippen LogP) is 4.83. The average Bonchev–Trinajstić information content (AvgIpc) is 2.82. The van der Waals surface area contributed by atoms with Crippen LogP contribution in [-0.2, 0) is 6.42 Å². The lowest BCUT2D eigenvalue weighted by Crippen LogP contribution is -1.99. The van der Waals surface area contributed by atoms with E-state index >= 15 is 0 Å². The molecule has 1 aliphatic heterocycles. The van der Waals surface area contributed by atoms with Crippen LogP contribution in [0.25, 0.3) is 0 Å². The van der Waals surface area contributed by atoms with E-state index < -0.39 is 0 Å². The second-order valence-electron chi connectivity index (χ2n) is 3.97. The highest BCUT2D eigenvalue weighted by Gasteiger charge is 2.19. The molecule has 7 heteroatoms. The van der Waals surface area contributed by atoms with Gasteiger partial charge in [0.05, 0.1) is 20.6 Å². The van der Waals surface area contributed by atoms with Crippen molar-refractivity contribution in [1.82, 2.24) is 9.97 Å². The number of aryl methyl sites for hydroxylation is 1. The Hall–Kier alpha value is -0.680. The van der Waals surface area contributed by atoms with Crippen LogP contribution in [0.5, 0.6) is 0 Å². The summed E-state index contributed by atoms with van der Waals surface area (Å²) < 4.78 is 0. The largest absolute Gasteiger partial charge is 0.339 e. The summed E-state index contributed by atoms with van der Waals surface area (Å²) in [6.07, 6.45) is 0.915. The first kappa shape index (κ1) is 13.3. The first-order chi connectivity index (χ1) is 9.13. The van der Waals surface area contributed by atoms with Crippen molar-refractivity contribution < 1.29 is 0 Å². The Balaban J connectivity index is 1.97. The highest BCUT2D eigenvalue weighted by Crippen LogP contribution is 2.37. The van der Waals surface area contributed by atoms with Gasteiger partial charge in [-0.05, 0) is 29.8 Å². The van der Waals surface area contributed by atoms with Crippen LogP contribution in [0, 0.1) is 0 Å². The monoisotopic (exact) mass is 331 g/mol. The summed E-state index contributed by atoms with van der Waals surface area (Å²) in [5, 5.41) is 4.48. The Labute approximate surface area is 129 Å². The number of rotatable bonds is 2. The summed E-state index contributed by atoms with van der Waals surface area (Å²) in [5.41, 5.74) is 1.81. The molecule has 0 saturated heterocycles. The lowest BCUT2D eigenvalue weighted by atomic mass is 10.3. The molecule has 0 amide bonds. The molecule has 0 aliphatic carbocycles. The minimum Gasteiger partial charge on any atom is -0.339 e. The van der Waals surface area contributed by atoms with Crippen molar-refractivity contribution in [2.75, 3.05) is 11.1 Å². The smallest absolute Gasteiger partial charge is 0.224 e. The molecule has 98 valence electrons. The van der Waals surface area contributed by atoms with Crippen LogP contribution in [0.2, 0.25) is 15.3 Å². The van der Waals surface area contributed by atoms with E-state index in [4.69, 9.17) is 34.8 Å². The van der Waals surface area contributed by atoms with Gasteiger partial charge in [0.15, 0.2) is 0 Å². The number of thioether (sulfide) groups is 1. The predicted molar refractivity (Wildman–Crippen MR) is 81.2 cm³/mol. The Kier molecular flexibility index (Phi) is 3.76. The van der Waals surface area contributed by atoms with Crippen LogP contribution in [0.1, 0.15) is 5.69 Å². The Morgan fingerprint density at radius 1 is 1.11 bits per heavy atom. The third-order valence-corrected chi connectivity index (χ3v) is 4.71. The maximum atomic E-state index is 5.99. The van der Waals surface area contributed by atoms with E-state index in [0.29, 0.717) is 10.0 Å². The maximum Gasteiger partial charge on any atom is 0.224 e. The maximum absolute atomic E-state index is 5.99. The normalized spacial score (nSPS) is 13.4. The second-order valence-corrected chi connectivity index (χ2v) is 6.23. The van der Waals surface area contributed by atoms with Crippen molar-refractivity contribution in [2.24, 2.45) is 0 Å². The van der Waals surface area contributed by atoms with Crippen molar-refractivity contribution in [2.45, 2.75) is 11.3 Å². The van der Waals surface area contributed by atoms with E-state index in [2.05, 4.69) is 15.3 Å². The summed E-state index contributed by atoms with van der Waals surface area (Å²) in [6, 6.07) is 5.34. The molecule has 0 spiro atoms. The molecule has 0 unspecified atom stereocenters. The first-order valence-electron chi connectivity index (χ1n) is 5.55. The number of benzene rings is 1. The molecule has 2 aromatic rings. The summed E-state index contributed by atoms with van der Waals surface area (Å²) in [6.45, 7) is 0. The molecule has 1 aromatic carbocycles. The SMILES string of the molecule is Clc1nc2c(c(Nc3ccc(Cl)c(Cl)c3)n1)SCC2. The van der Waals surface area contributed by atoms with Gasteiger partial charge in [0.1, 0.15) is 5.82 Å². The molecule has 0 atom stereocenters. The van der Waals surface area contributed by atoms with Crippen molar-refractivity contribution >= 4 is 58.1 Å². The quantitative estimate of drug-likeness (QED) is 0.799. The van der Waals surface area contributed by atoms with Gasteiger partial charge >= 0.3 is 0 Å². The van der Waals surface area contributed by atoms with Crippen LogP contribution in [0.3, 0.4) is 0 Å². The van der Waals surface area contributed by atoms with E-state index in [9.17, 15) is 0 Å². The fraction of sp³-hybridized carbons (Fsp3) is 0.167. The molecule has 3 rings (SSSR count). The highest BCUT2D eigenvalue weighted by molar-refractivity contribution is 7.99. The Morgan fingerprint density at radius 2 is 1.95 bits per heavy atom. The molecule has 3 nitrogen and oxygen atoms in total. The van der Waals surface area contributed by atoms with Crippen molar-refractivity contribution in [3.8, 4) is 0 Å². The van der Waals surface area contributed by atoms with Crippen molar-refractivity contribution in [3.63, 3.8) is 0 Å². The molecule has 0 fully saturated rings. The number of nitrogens with zero attached hydrogens (tertiary/aromatic N) is 2. The van der Waals surface area contributed by atoms with Gasteiger partial charge in [0.25, 0.3) is 0 Å². The minimum absolute atomic E-state index is 0.254. The fourth-order valence-corrected chi connectivity index (χ4v) is 3.36. The topological polar surface area (TPSA) is 37.8 Å². The molecule has 1 N–H and O–H groups in total.